The van der Waals surface area contributed by atoms with Gasteiger partial charge in [0.25, 0.3) is 0 Å². The van der Waals surface area contributed by atoms with Crippen LogP contribution in [-0.4, -0.2) is 45.4 Å². The third-order valence-electron chi connectivity index (χ3n) is 8.91. The first-order valence-corrected chi connectivity index (χ1v) is 12.7. The number of ketones is 1. The van der Waals surface area contributed by atoms with Gasteiger partial charge in [-0.15, -0.1) is 0 Å². The normalized spacial score (nSPS) is 43.9. The van der Waals surface area contributed by atoms with E-state index in [2.05, 4.69) is 13.8 Å². The first-order chi connectivity index (χ1) is 15.4. The smallest absolute Gasteiger partial charge is 0.352 e. The number of ether oxygens (including phenoxy) is 2. The van der Waals surface area contributed by atoms with Crippen LogP contribution in [0.15, 0.2) is 23.8 Å². The summed E-state index contributed by atoms with van der Waals surface area (Å²) in [4.78, 5) is 36.4. The molecule has 0 aliphatic heterocycles. The molecule has 0 radical (unpaired) electrons. The fourth-order valence-corrected chi connectivity index (χ4v) is 7.85. The Morgan fingerprint density at radius 3 is 2.64 bits per heavy atom. The molecule has 4 rings (SSSR count). The van der Waals surface area contributed by atoms with Gasteiger partial charge in [0, 0.05) is 16.7 Å². The second kappa shape index (κ2) is 8.54. The number of carbonyl (C=O) groups is 3. The number of alkyl halides is 3. The summed E-state index contributed by atoms with van der Waals surface area (Å²) < 4.78 is 10.9. The molecule has 4 aliphatic carbocycles. The van der Waals surface area contributed by atoms with Gasteiger partial charge in [-0.2, -0.15) is 0 Å². The molecule has 0 heterocycles. The summed E-state index contributed by atoms with van der Waals surface area (Å²) in [6.45, 7) is 6.06. The van der Waals surface area contributed by atoms with E-state index in [9.17, 15) is 19.5 Å². The van der Waals surface area contributed by atoms with E-state index < -0.39 is 39.3 Å². The largest absolute Gasteiger partial charge is 0.446 e. The molecule has 0 saturated heterocycles. The summed E-state index contributed by atoms with van der Waals surface area (Å²) in [5.74, 6) is -1.69. The fraction of sp³-hybridized carbons (Fsp3) is 0.708. The van der Waals surface area contributed by atoms with Crippen LogP contribution in [0.5, 0.6) is 0 Å². The van der Waals surface area contributed by atoms with Gasteiger partial charge in [-0.1, -0.05) is 67.2 Å². The average Bonchev–Trinajstić information content (AvgIpc) is 3.02. The predicted molar refractivity (Wildman–Crippen MR) is 124 cm³/mol. The van der Waals surface area contributed by atoms with E-state index in [1.54, 1.807) is 12.2 Å². The third-order valence-corrected chi connectivity index (χ3v) is 9.37. The number of carbonyl (C=O) groups excluding carboxylic acids is 3. The lowest BCUT2D eigenvalue weighted by Gasteiger charge is -2.60. The summed E-state index contributed by atoms with van der Waals surface area (Å²) in [5.41, 5.74) is -1.97. The molecule has 0 aromatic heterocycles. The monoisotopic (exact) mass is 518 g/mol. The van der Waals surface area contributed by atoms with Crippen molar-refractivity contribution >= 4 is 52.5 Å². The minimum Gasteiger partial charge on any atom is -0.446 e. The Morgan fingerprint density at radius 1 is 1.30 bits per heavy atom. The van der Waals surface area contributed by atoms with Gasteiger partial charge in [0.1, 0.15) is 0 Å². The number of hydrogen-bond acceptors (Lipinski definition) is 6. The highest BCUT2D eigenvalue weighted by Gasteiger charge is 2.71. The van der Waals surface area contributed by atoms with Crippen molar-refractivity contribution in [2.24, 2.45) is 34.5 Å². The fourth-order valence-electron chi connectivity index (χ4n) is 7.66. The molecule has 4 aliphatic rings. The Balaban J connectivity index is 1.78. The second-order valence-corrected chi connectivity index (χ2v) is 11.7. The van der Waals surface area contributed by atoms with Crippen molar-refractivity contribution in [1.82, 2.24) is 0 Å². The molecule has 182 valence electrons. The maximum Gasteiger partial charge on any atom is 0.352 e. The van der Waals surface area contributed by atoms with Crippen molar-refractivity contribution < 1.29 is 29.0 Å². The summed E-state index contributed by atoms with van der Waals surface area (Å²) in [6.07, 6.45) is 6.24. The molecule has 1 N–H and O–H groups in total. The van der Waals surface area contributed by atoms with Crippen LogP contribution >= 0.6 is 34.8 Å². The number of aliphatic hydroxyl groups excluding tert-OH is 1. The Labute approximate surface area is 208 Å². The van der Waals surface area contributed by atoms with Crippen LogP contribution in [-0.2, 0) is 23.9 Å². The SMILES string of the molecule is C[C@H]1C[C@@H]2[C@H]([C@@H](O)C[C@@]3(C)[C@H]2CC[C@]3(OC(=O)C(Cl)Cl)C(=O)OCCl)[C@@]2(C)C=CC(=O)C=C12. The number of hydrogen-bond donors (Lipinski definition) is 1. The maximum atomic E-state index is 13.2. The zero-order valence-electron chi connectivity index (χ0n) is 18.9. The van der Waals surface area contributed by atoms with Crippen LogP contribution < -0.4 is 0 Å². The predicted octanol–water partition coefficient (Wildman–Crippen LogP) is 4.34. The molecule has 3 saturated carbocycles. The van der Waals surface area contributed by atoms with Crippen LogP contribution in [0.3, 0.4) is 0 Å². The number of allylic oxidation sites excluding steroid dienone is 4. The van der Waals surface area contributed by atoms with Gasteiger partial charge in [-0.05, 0) is 55.6 Å². The summed E-state index contributed by atoms with van der Waals surface area (Å²) in [5, 5.41) is 11.5. The van der Waals surface area contributed by atoms with Gasteiger partial charge in [0.05, 0.1) is 6.10 Å². The molecule has 0 bridgehead atoms. The van der Waals surface area contributed by atoms with Crippen LogP contribution in [0.25, 0.3) is 0 Å². The van der Waals surface area contributed by atoms with E-state index in [0.29, 0.717) is 6.42 Å². The van der Waals surface area contributed by atoms with Crippen LogP contribution in [0.2, 0.25) is 0 Å². The lowest BCUT2D eigenvalue weighted by molar-refractivity contribution is -0.212. The Kier molecular flexibility index (Phi) is 6.48. The van der Waals surface area contributed by atoms with Gasteiger partial charge in [-0.3, -0.25) is 4.79 Å². The van der Waals surface area contributed by atoms with Gasteiger partial charge < -0.3 is 14.6 Å². The minimum atomic E-state index is -1.64. The van der Waals surface area contributed by atoms with Crippen molar-refractivity contribution in [2.45, 2.75) is 63.0 Å². The highest BCUT2D eigenvalue weighted by Crippen LogP contribution is 2.68. The molecule has 6 nitrogen and oxygen atoms in total. The molecule has 0 amide bonds. The zero-order valence-corrected chi connectivity index (χ0v) is 21.1. The Hall–Kier alpha value is -1.08. The van der Waals surface area contributed by atoms with Crippen LogP contribution in [0, 0.1) is 34.5 Å². The number of esters is 2. The number of fused-ring (bicyclic) bond motifs is 5. The number of aliphatic hydroxyl groups is 1. The van der Waals surface area contributed by atoms with Crippen molar-refractivity contribution in [3.05, 3.63) is 23.8 Å². The summed E-state index contributed by atoms with van der Waals surface area (Å²) in [7, 11) is 0. The minimum absolute atomic E-state index is 0.0301. The first-order valence-electron chi connectivity index (χ1n) is 11.3. The lowest BCUT2D eigenvalue weighted by atomic mass is 9.45. The highest BCUT2D eigenvalue weighted by atomic mass is 35.5. The summed E-state index contributed by atoms with van der Waals surface area (Å²) in [6, 6.07) is -0.388. The molecular formula is C24H29Cl3O6. The van der Waals surface area contributed by atoms with Crippen molar-refractivity contribution in [3.63, 3.8) is 0 Å². The second-order valence-electron chi connectivity index (χ2n) is 10.4. The Bertz CT molecular complexity index is 931. The molecule has 3 fully saturated rings. The van der Waals surface area contributed by atoms with Crippen molar-refractivity contribution in [2.75, 3.05) is 6.07 Å². The molecule has 8 atom stereocenters. The van der Waals surface area contributed by atoms with Crippen LogP contribution in [0.4, 0.5) is 0 Å². The zero-order chi connectivity index (χ0) is 24.3. The van der Waals surface area contributed by atoms with Crippen molar-refractivity contribution in [3.8, 4) is 0 Å². The Morgan fingerprint density at radius 2 is 2.00 bits per heavy atom. The van der Waals surface area contributed by atoms with Crippen LogP contribution in [0.1, 0.15) is 46.5 Å². The molecule has 0 spiro atoms. The lowest BCUT2D eigenvalue weighted by Crippen LogP contribution is -2.63. The van der Waals surface area contributed by atoms with Gasteiger partial charge in [0.2, 0.25) is 10.4 Å². The van der Waals surface area contributed by atoms with E-state index in [1.807, 2.05) is 13.0 Å². The van der Waals surface area contributed by atoms with Gasteiger partial charge in [0.15, 0.2) is 11.8 Å². The standard InChI is InChI=1S/C24H29Cl3O6/c1-12-8-14-15-5-7-24(21(31)32-11-25,33-20(30)19(26)27)23(15,3)10-17(29)18(14)22(2)6-4-13(28)9-16(12)22/h4,6,9,12,14-15,17-19,29H,5,7-8,10-11H2,1-3H3/t12-,14-,15-,17-,18+,22-,23-,24-/m0/s1. The average molecular weight is 520 g/mol. The van der Waals surface area contributed by atoms with E-state index >= 15 is 0 Å². The molecular weight excluding hydrogens is 491 g/mol. The topological polar surface area (TPSA) is 89.9 Å². The number of rotatable bonds is 4. The highest BCUT2D eigenvalue weighted by molar-refractivity contribution is 6.53. The van der Waals surface area contributed by atoms with E-state index in [0.717, 1.165) is 12.0 Å². The van der Waals surface area contributed by atoms with Gasteiger partial charge >= 0.3 is 11.9 Å². The molecule has 9 heteroatoms. The van der Waals surface area contributed by atoms with E-state index in [-0.39, 0.29) is 48.4 Å². The molecule has 0 unspecified atom stereocenters. The maximum absolute atomic E-state index is 13.2. The third kappa shape index (κ3) is 3.59. The molecule has 0 aromatic rings. The van der Waals surface area contributed by atoms with Crippen molar-refractivity contribution in [1.29, 1.82) is 0 Å². The first kappa shape index (κ1) is 25.0. The summed E-state index contributed by atoms with van der Waals surface area (Å²) >= 11 is 17.2. The molecule has 0 aromatic carbocycles. The van der Waals surface area contributed by atoms with E-state index in [4.69, 9.17) is 44.3 Å². The molecule has 33 heavy (non-hydrogen) atoms. The van der Waals surface area contributed by atoms with E-state index in [1.165, 1.54) is 0 Å². The number of halogens is 3. The quantitative estimate of drug-likeness (QED) is 0.439. The van der Waals surface area contributed by atoms with Gasteiger partial charge in [-0.25, -0.2) is 9.59 Å².